The van der Waals surface area contributed by atoms with Gasteiger partial charge in [0.25, 0.3) is 0 Å². The number of aromatic nitrogens is 5. The van der Waals surface area contributed by atoms with E-state index in [1.54, 1.807) is 22.9 Å². The van der Waals surface area contributed by atoms with Gasteiger partial charge in [-0.3, -0.25) is 9.55 Å². The highest BCUT2D eigenvalue weighted by Gasteiger charge is 2.32. The third kappa shape index (κ3) is 2.85. The zero-order valence-corrected chi connectivity index (χ0v) is 17.9. The SMILES string of the molecule is Cc1noc(C)c1-c1cc(-c2ccnc(O)c2)c2[nH]c(=O)n3c2c1OC[C@@H]3c1ccccn1. The van der Waals surface area contributed by atoms with Crippen LogP contribution in [-0.4, -0.2) is 36.4 Å². The van der Waals surface area contributed by atoms with Gasteiger partial charge in [-0.1, -0.05) is 11.2 Å². The number of aromatic amines is 1. The number of benzene rings is 1. The smallest absolute Gasteiger partial charge is 0.327 e. The third-order valence-corrected chi connectivity index (χ3v) is 6.03. The molecule has 2 N–H and O–H groups in total. The second kappa shape index (κ2) is 7.06. The van der Waals surface area contributed by atoms with Gasteiger partial charge in [-0.2, -0.15) is 0 Å². The van der Waals surface area contributed by atoms with Crippen molar-refractivity contribution in [1.29, 1.82) is 0 Å². The van der Waals surface area contributed by atoms with Crippen molar-refractivity contribution in [3.8, 4) is 33.9 Å². The van der Waals surface area contributed by atoms with Crippen LogP contribution in [0.15, 0.2) is 58.1 Å². The quantitative estimate of drug-likeness (QED) is 0.438. The standard InChI is InChI=1S/C24H19N5O4/c1-12-20(13(2)33-28-12)16-10-15(14-6-8-26-19(30)9-14)21-22-23(16)32-11-18(29(22)24(31)27-21)17-5-3-4-7-25-17/h3-10,18H,11H2,1-2H3,(H,26,30)(H,27,31)/t18-/m1/s1. The molecule has 1 aliphatic rings. The second-order valence-electron chi connectivity index (χ2n) is 8.01. The fourth-order valence-corrected chi connectivity index (χ4v) is 4.61. The predicted octanol–water partition coefficient (Wildman–Crippen LogP) is 3.75. The zero-order chi connectivity index (χ0) is 22.7. The Balaban J connectivity index is 1.73. The van der Waals surface area contributed by atoms with E-state index in [4.69, 9.17) is 9.26 Å². The molecule has 5 aromatic rings. The van der Waals surface area contributed by atoms with Crippen LogP contribution in [-0.2, 0) is 0 Å². The van der Waals surface area contributed by atoms with Gasteiger partial charge in [0.2, 0.25) is 5.88 Å². The first kappa shape index (κ1) is 19.3. The van der Waals surface area contributed by atoms with Crippen molar-refractivity contribution in [2.24, 2.45) is 0 Å². The summed E-state index contributed by atoms with van der Waals surface area (Å²) in [5.41, 5.74) is 5.42. The molecular weight excluding hydrogens is 422 g/mol. The average Bonchev–Trinajstić information content (AvgIpc) is 3.35. The number of imidazole rings is 1. The summed E-state index contributed by atoms with van der Waals surface area (Å²) >= 11 is 0. The highest BCUT2D eigenvalue weighted by molar-refractivity contribution is 6.02. The molecule has 5 heterocycles. The van der Waals surface area contributed by atoms with Crippen LogP contribution in [0.4, 0.5) is 0 Å². The number of H-pyrrole nitrogens is 1. The molecule has 9 heteroatoms. The van der Waals surface area contributed by atoms with Crippen LogP contribution in [0.5, 0.6) is 11.6 Å². The van der Waals surface area contributed by atoms with Crippen LogP contribution >= 0.6 is 0 Å². The van der Waals surface area contributed by atoms with Crippen molar-refractivity contribution < 1.29 is 14.4 Å². The van der Waals surface area contributed by atoms with Crippen molar-refractivity contribution in [3.05, 3.63) is 76.4 Å². The molecule has 0 saturated carbocycles. The first-order valence-electron chi connectivity index (χ1n) is 10.5. The number of hydrogen-bond donors (Lipinski definition) is 2. The summed E-state index contributed by atoms with van der Waals surface area (Å²) in [5.74, 6) is 1.11. The molecule has 0 aliphatic carbocycles. The first-order valence-corrected chi connectivity index (χ1v) is 10.5. The number of hydrogen-bond acceptors (Lipinski definition) is 7. The van der Waals surface area contributed by atoms with Crippen LogP contribution in [0.2, 0.25) is 0 Å². The Morgan fingerprint density at radius 3 is 2.73 bits per heavy atom. The Bertz CT molecular complexity index is 1560. The van der Waals surface area contributed by atoms with Crippen molar-refractivity contribution in [2.75, 3.05) is 6.61 Å². The summed E-state index contributed by atoms with van der Waals surface area (Å²) in [6, 6.07) is 10.5. The molecule has 1 aliphatic heterocycles. The predicted molar refractivity (Wildman–Crippen MR) is 120 cm³/mol. The van der Waals surface area contributed by atoms with E-state index in [2.05, 4.69) is 20.1 Å². The van der Waals surface area contributed by atoms with Crippen molar-refractivity contribution in [2.45, 2.75) is 19.9 Å². The number of aryl methyl sites for hydroxylation is 2. The fourth-order valence-electron chi connectivity index (χ4n) is 4.61. The molecule has 1 atom stereocenters. The lowest BCUT2D eigenvalue weighted by Crippen LogP contribution is -2.31. The summed E-state index contributed by atoms with van der Waals surface area (Å²) in [6.07, 6.45) is 3.22. The third-order valence-electron chi connectivity index (χ3n) is 6.03. The van der Waals surface area contributed by atoms with Crippen molar-refractivity contribution >= 4 is 11.0 Å². The highest BCUT2D eigenvalue weighted by atomic mass is 16.5. The highest BCUT2D eigenvalue weighted by Crippen LogP contribution is 2.46. The Morgan fingerprint density at radius 1 is 1.12 bits per heavy atom. The fraction of sp³-hybridized carbons (Fsp3) is 0.167. The Kier molecular flexibility index (Phi) is 4.13. The molecule has 0 unspecified atom stereocenters. The number of rotatable bonds is 3. The zero-order valence-electron chi connectivity index (χ0n) is 17.9. The largest absolute Gasteiger partial charge is 0.493 e. The van der Waals surface area contributed by atoms with Crippen LogP contribution in [0.3, 0.4) is 0 Å². The van der Waals surface area contributed by atoms with E-state index < -0.39 is 6.04 Å². The van der Waals surface area contributed by atoms with Crippen LogP contribution < -0.4 is 10.4 Å². The van der Waals surface area contributed by atoms with Crippen LogP contribution in [0.1, 0.15) is 23.2 Å². The molecule has 0 bridgehead atoms. The van der Waals surface area contributed by atoms with E-state index in [0.29, 0.717) is 33.8 Å². The molecule has 0 fully saturated rings. The van der Waals surface area contributed by atoms with Gasteiger partial charge in [-0.15, -0.1) is 0 Å². The summed E-state index contributed by atoms with van der Waals surface area (Å²) in [6.45, 7) is 3.96. The summed E-state index contributed by atoms with van der Waals surface area (Å²) in [5, 5.41) is 14.1. The van der Waals surface area contributed by atoms with Gasteiger partial charge >= 0.3 is 5.69 Å². The average molecular weight is 441 g/mol. The van der Waals surface area contributed by atoms with Crippen LogP contribution in [0.25, 0.3) is 33.3 Å². The molecule has 9 nitrogen and oxygen atoms in total. The minimum Gasteiger partial charge on any atom is -0.493 e. The number of nitrogens with one attached hydrogen (secondary N) is 1. The van der Waals surface area contributed by atoms with Gasteiger partial charge in [-0.25, -0.2) is 9.78 Å². The molecule has 1 aromatic carbocycles. The number of ether oxygens (including phenoxy) is 1. The first-order chi connectivity index (χ1) is 16.0. The van der Waals surface area contributed by atoms with E-state index >= 15 is 0 Å². The number of aromatic hydroxyl groups is 1. The topological polar surface area (TPSA) is 119 Å². The maximum atomic E-state index is 13.3. The molecule has 33 heavy (non-hydrogen) atoms. The minimum atomic E-state index is -0.390. The lowest BCUT2D eigenvalue weighted by atomic mass is 9.95. The van der Waals surface area contributed by atoms with Crippen molar-refractivity contribution in [3.63, 3.8) is 0 Å². The maximum absolute atomic E-state index is 13.3. The van der Waals surface area contributed by atoms with Crippen LogP contribution in [0, 0.1) is 13.8 Å². The van der Waals surface area contributed by atoms with Crippen molar-refractivity contribution in [1.82, 2.24) is 24.7 Å². The second-order valence-corrected chi connectivity index (χ2v) is 8.01. The van der Waals surface area contributed by atoms with E-state index in [-0.39, 0.29) is 18.2 Å². The summed E-state index contributed by atoms with van der Waals surface area (Å²) in [7, 11) is 0. The normalized spacial score (nSPS) is 15.0. The van der Waals surface area contributed by atoms with E-state index in [0.717, 1.165) is 22.4 Å². The van der Waals surface area contributed by atoms with E-state index in [1.807, 2.05) is 38.1 Å². The minimum absolute atomic E-state index is 0.111. The lowest BCUT2D eigenvalue weighted by molar-refractivity contribution is 0.255. The lowest BCUT2D eigenvalue weighted by Gasteiger charge is -2.27. The Hall–Kier alpha value is -4.40. The van der Waals surface area contributed by atoms with Gasteiger partial charge in [0.05, 0.1) is 22.5 Å². The molecule has 0 saturated heterocycles. The monoisotopic (exact) mass is 441 g/mol. The molecule has 0 radical (unpaired) electrons. The van der Waals surface area contributed by atoms with E-state index in [9.17, 15) is 9.90 Å². The maximum Gasteiger partial charge on any atom is 0.327 e. The molecular formula is C24H19N5O4. The number of pyridine rings is 2. The molecule has 0 spiro atoms. The number of nitrogens with zero attached hydrogens (tertiary/aromatic N) is 4. The molecule has 4 aromatic heterocycles. The Labute approximate surface area is 187 Å². The summed E-state index contributed by atoms with van der Waals surface area (Å²) in [4.78, 5) is 24.6. The summed E-state index contributed by atoms with van der Waals surface area (Å²) < 4.78 is 13.4. The van der Waals surface area contributed by atoms with E-state index in [1.165, 1.54) is 6.20 Å². The van der Waals surface area contributed by atoms with Gasteiger partial charge in [0.1, 0.15) is 23.9 Å². The van der Waals surface area contributed by atoms with Gasteiger partial charge in [0, 0.05) is 29.6 Å². The van der Waals surface area contributed by atoms with Gasteiger partial charge in [0.15, 0.2) is 5.75 Å². The Morgan fingerprint density at radius 2 is 2.00 bits per heavy atom. The van der Waals surface area contributed by atoms with Gasteiger partial charge in [-0.05, 0) is 43.7 Å². The molecule has 164 valence electrons. The molecule has 6 rings (SSSR count). The molecule has 0 amide bonds. The van der Waals surface area contributed by atoms with Gasteiger partial charge < -0.3 is 19.4 Å².